The molecule has 0 bridgehead atoms. The van der Waals surface area contributed by atoms with Gasteiger partial charge in [-0.3, -0.25) is 18.6 Å². The van der Waals surface area contributed by atoms with E-state index in [2.05, 4.69) is 172 Å². The fraction of sp³-hybridized carbons (Fsp3) is 0.663. The molecule has 0 aromatic heterocycles. The van der Waals surface area contributed by atoms with Crippen molar-refractivity contribution < 1.29 is 37.3 Å². The standard InChI is InChI=1S/C83H141N2O7P/c1-7-10-13-16-19-22-25-28-30-32-34-36-38-40-42-44-46-48-50-52-54-57-60-63-66-69-72-75-82(86)84-80(79-91-93(88,89)90-78-77-85(4,5)6)81(74-71-68-65-62-59-56-27-24-21-18-15-12-9-3)92-83(87)76-73-70-67-64-61-58-55-53-51-49-47-45-43-41-39-37-35-33-31-29-26-23-20-17-14-11-8-2/h10-11,13-14,19-20,22-23,28-31,34-37,40-43,46-49,71,74,80-81H,7-9,12,15-18,21,24-27,32-33,38-39,44-45,50-70,72-73,75-79H2,1-6H3,(H-,84,86,88,89)/p+1/b13-10-,14-11-,22-19-,23-20-,30-28-,31-29-,36-34-,37-35-,42-40-,43-41-,48-46-,49-47-,74-71+. The number of ether oxygens (including phenoxy) is 1. The van der Waals surface area contributed by atoms with Crippen LogP contribution in [0, 0.1) is 0 Å². The number of carbonyl (C=O) groups is 2. The van der Waals surface area contributed by atoms with Crippen molar-refractivity contribution in [3.63, 3.8) is 0 Å². The van der Waals surface area contributed by atoms with Crippen molar-refractivity contribution in [3.05, 3.63) is 158 Å². The lowest BCUT2D eigenvalue weighted by molar-refractivity contribution is -0.870. The Labute approximate surface area is 573 Å². The molecule has 530 valence electrons. The van der Waals surface area contributed by atoms with Crippen molar-refractivity contribution in [1.82, 2.24) is 5.32 Å². The molecule has 3 unspecified atom stereocenters. The van der Waals surface area contributed by atoms with Crippen LogP contribution in [0.4, 0.5) is 0 Å². The Balaban J connectivity index is 5.11. The Morgan fingerprint density at radius 3 is 1.03 bits per heavy atom. The fourth-order valence-electron chi connectivity index (χ4n) is 10.2. The number of unbranched alkanes of at least 4 members (excludes halogenated alkanes) is 27. The first-order chi connectivity index (χ1) is 45.4. The Kier molecular flexibility index (Phi) is 67.1. The van der Waals surface area contributed by atoms with E-state index in [9.17, 15) is 19.0 Å². The smallest absolute Gasteiger partial charge is 0.456 e. The summed E-state index contributed by atoms with van der Waals surface area (Å²) in [4.78, 5) is 38.0. The zero-order chi connectivity index (χ0) is 67.8. The number of hydrogen-bond donors (Lipinski definition) is 2. The van der Waals surface area contributed by atoms with Gasteiger partial charge in [0, 0.05) is 12.8 Å². The van der Waals surface area contributed by atoms with Crippen molar-refractivity contribution >= 4 is 19.7 Å². The van der Waals surface area contributed by atoms with Crippen LogP contribution in [0.15, 0.2) is 158 Å². The second-order valence-corrected chi connectivity index (χ2v) is 27.5. The molecule has 93 heavy (non-hydrogen) atoms. The van der Waals surface area contributed by atoms with E-state index in [1.54, 1.807) is 0 Å². The van der Waals surface area contributed by atoms with Crippen LogP contribution in [0.1, 0.15) is 303 Å². The molecule has 0 aliphatic heterocycles. The number of allylic oxidation sites excluding steroid dienone is 25. The first-order valence-corrected chi connectivity index (χ1v) is 39.3. The number of esters is 1. The summed E-state index contributed by atoms with van der Waals surface area (Å²) in [6.07, 6.45) is 104. The number of hydrogen-bond acceptors (Lipinski definition) is 6. The number of quaternary nitrogens is 1. The number of phosphoric acid groups is 1. The van der Waals surface area contributed by atoms with Crippen LogP contribution in [0.25, 0.3) is 0 Å². The Morgan fingerprint density at radius 1 is 0.387 bits per heavy atom. The maximum Gasteiger partial charge on any atom is 0.472 e. The van der Waals surface area contributed by atoms with Crippen LogP contribution in [0.5, 0.6) is 0 Å². The summed E-state index contributed by atoms with van der Waals surface area (Å²) >= 11 is 0. The molecule has 2 N–H and O–H groups in total. The van der Waals surface area contributed by atoms with Crippen LogP contribution in [0.2, 0.25) is 0 Å². The quantitative estimate of drug-likeness (QED) is 0.0205. The van der Waals surface area contributed by atoms with Crippen molar-refractivity contribution in [2.24, 2.45) is 0 Å². The minimum absolute atomic E-state index is 0.0287. The maximum absolute atomic E-state index is 13.7. The summed E-state index contributed by atoms with van der Waals surface area (Å²) in [5, 5.41) is 3.07. The largest absolute Gasteiger partial charge is 0.472 e. The van der Waals surface area contributed by atoms with Crippen LogP contribution in [-0.4, -0.2) is 74.3 Å². The van der Waals surface area contributed by atoms with Gasteiger partial charge in [-0.2, -0.15) is 0 Å². The summed E-state index contributed by atoms with van der Waals surface area (Å²) in [5.41, 5.74) is 0. The van der Waals surface area contributed by atoms with Crippen molar-refractivity contribution in [3.8, 4) is 0 Å². The number of amides is 1. The first kappa shape index (κ1) is 88.6. The zero-order valence-electron chi connectivity index (χ0n) is 60.7. The second kappa shape index (κ2) is 70.4. The highest BCUT2D eigenvalue weighted by molar-refractivity contribution is 7.47. The number of rotatable bonds is 67. The Bertz CT molecular complexity index is 2150. The van der Waals surface area contributed by atoms with Crippen LogP contribution in [0.3, 0.4) is 0 Å². The molecule has 0 aromatic carbocycles. The molecule has 0 rings (SSSR count). The number of carbonyl (C=O) groups excluding carboxylic acids is 2. The van der Waals surface area contributed by atoms with Gasteiger partial charge in [0.25, 0.3) is 0 Å². The van der Waals surface area contributed by atoms with E-state index >= 15 is 0 Å². The minimum Gasteiger partial charge on any atom is -0.456 e. The van der Waals surface area contributed by atoms with E-state index in [1.807, 2.05) is 33.3 Å². The van der Waals surface area contributed by atoms with E-state index in [-0.39, 0.29) is 31.5 Å². The van der Waals surface area contributed by atoms with Gasteiger partial charge < -0.3 is 19.4 Å². The topological polar surface area (TPSA) is 111 Å². The average molecular weight is 1310 g/mol. The molecule has 0 saturated carbocycles. The lowest BCUT2D eigenvalue weighted by Crippen LogP contribution is -2.47. The molecule has 0 aliphatic carbocycles. The molecule has 0 saturated heterocycles. The third-order valence-electron chi connectivity index (χ3n) is 16.0. The lowest BCUT2D eigenvalue weighted by atomic mass is 10.0. The molecule has 0 fully saturated rings. The van der Waals surface area contributed by atoms with E-state index < -0.39 is 20.0 Å². The van der Waals surface area contributed by atoms with Gasteiger partial charge in [-0.05, 0) is 134 Å². The van der Waals surface area contributed by atoms with Gasteiger partial charge in [0.1, 0.15) is 19.3 Å². The molecular weight excluding hydrogens is 1170 g/mol. The molecule has 0 spiro atoms. The predicted octanol–water partition coefficient (Wildman–Crippen LogP) is 24.7. The van der Waals surface area contributed by atoms with Crippen LogP contribution < -0.4 is 5.32 Å². The Hall–Kier alpha value is -4.37. The highest BCUT2D eigenvalue weighted by Gasteiger charge is 2.30. The lowest BCUT2D eigenvalue weighted by Gasteiger charge is -2.27. The summed E-state index contributed by atoms with van der Waals surface area (Å²) in [6, 6.07) is -0.871. The van der Waals surface area contributed by atoms with Gasteiger partial charge >= 0.3 is 13.8 Å². The van der Waals surface area contributed by atoms with Crippen molar-refractivity contribution in [1.29, 1.82) is 0 Å². The molecule has 9 nitrogen and oxygen atoms in total. The predicted molar refractivity (Wildman–Crippen MR) is 405 cm³/mol. The van der Waals surface area contributed by atoms with E-state index in [4.69, 9.17) is 13.8 Å². The molecule has 3 atom stereocenters. The molecule has 0 heterocycles. The van der Waals surface area contributed by atoms with Gasteiger partial charge in [0.2, 0.25) is 5.91 Å². The van der Waals surface area contributed by atoms with Gasteiger partial charge in [-0.25, -0.2) is 4.57 Å². The van der Waals surface area contributed by atoms with Crippen LogP contribution in [-0.2, 0) is 27.9 Å². The van der Waals surface area contributed by atoms with Gasteiger partial charge in [0.15, 0.2) is 0 Å². The minimum atomic E-state index is -4.48. The summed E-state index contributed by atoms with van der Waals surface area (Å²) < 4.78 is 30.9. The van der Waals surface area contributed by atoms with Gasteiger partial charge in [0.05, 0.1) is 33.8 Å². The first-order valence-electron chi connectivity index (χ1n) is 37.8. The third-order valence-corrected chi connectivity index (χ3v) is 16.9. The highest BCUT2D eigenvalue weighted by Crippen LogP contribution is 2.43. The van der Waals surface area contributed by atoms with E-state index in [0.29, 0.717) is 17.4 Å². The maximum atomic E-state index is 13.7. The van der Waals surface area contributed by atoms with Gasteiger partial charge in [-0.1, -0.05) is 314 Å². The molecule has 0 radical (unpaired) electrons. The van der Waals surface area contributed by atoms with E-state index in [0.717, 1.165) is 161 Å². The summed E-state index contributed by atoms with van der Waals surface area (Å²) in [7, 11) is 1.47. The molecule has 10 heteroatoms. The van der Waals surface area contributed by atoms with E-state index in [1.165, 1.54) is 109 Å². The number of likely N-dealkylation sites (N-methyl/N-ethyl adjacent to an activating group) is 1. The third kappa shape index (κ3) is 71.8. The van der Waals surface area contributed by atoms with Crippen LogP contribution >= 0.6 is 7.82 Å². The molecular formula is C83H142N2O7P+. The number of nitrogens with one attached hydrogen (secondary N) is 1. The summed E-state index contributed by atoms with van der Waals surface area (Å²) in [5.74, 6) is -0.529. The van der Waals surface area contributed by atoms with Gasteiger partial charge in [-0.15, -0.1) is 0 Å². The fourth-order valence-corrected chi connectivity index (χ4v) is 11.0. The monoisotopic (exact) mass is 1310 g/mol. The zero-order valence-corrected chi connectivity index (χ0v) is 61.6. The summed E-state index contributed by atoms with van der Waals surface area (Å²) in [6.45, 7) is 6.78. The average Bonchev–Trinajstić information content (AvgIpc) is 2.31. The normalized spacial score (nSPS) is 14.4. The number of phosphoric ester groups is 1. The molecule has 0 aliphatic rings. The second-order valence-electron chi connectivity index (χ2n) is 26.1. The van der Waals surface area contributed by atoms with Crippen molar-refractivity contribution in [2.75, 3.05) is 40.9 Å². The Morgan fingerprint density at radius 2 is 0.688 bits per heavy atom. The molecule has 0 aromatic rings. The molecule has 1 amide bonds. The van der Waals surface area contributed by atoms with Crippen molar-refractivity contribution in [2.45, 2.75) is 315 Å². The SMILES string of the molecule is CC/C=C\C/C=C\C/C=C\C/C=C\C/C=C\C/C=C\CCCCCCCCCCC(=O)NC(COP(=O)(O)OCC[N+](C)(C)C)C(/C=C/CCCCCCCCCCCCC)OC(=O)CCCCCCCCCC/C=C\C/C=C\C/C=C\C/C=C\C/C=C\C/C=C\CC. The number of nitrogens with zero attached hydrogens (tertiary/aromatic N) is 1. The highest BCUT2D eigenvalue weighted by atomic mass is 31.2.